The van der Waals surface area contributed by atoms with Crippen LogP contribution in [-0.4, -0.2) is 31.0 Å². The Morgan fingerprint density at radius 3 is 2.39 bits per heavy atom. The van der Waals surface area contributed by atoms with Gasteiger partial charge in [-0.1, -0.05) is 24.3 Å². The minimum Gasteiger partial charge on any atom is -0.497 e. The van der Waals surface area contributed by atoms with Crippen molar-refractivity contribution >= 4 is 22.4 Å². The molecule has 3 rings (SSSR count). The highest BCUT2D eigenvalue weighted by atomic mass is 19.1. The zero-order valence-corrected chi connectivity index (χ0v) is 16.0. The summed E-state index contributed by atoms with van der Waals surface area (Å²) in [4.78, 5) is 14.2. The molecule has 1 atom stereocenters. The maximum Gasteiger partial charge on any atom is 0.241 e. The Bertz CT molecular complexity index is 987. The maximum atomic E-state index is 13.7. The van der Waals surface area contributed by atoms with Crippen LogP contribution in [0.25, 0.3) is 10.8 Å². The number of ether oxygens (including phenoxy) is 1. The average molecular weight is 384 g/mol. The molecular formula is C22H22F2N2O2. The fourth-order valence-electron chi connectivity index (χ4n) is 2.97. The molecule has 6 heteroatoms. The molecule has 3 aromatic carbocycles. The van der Waals surface area contributed by atoms with Gasteiger partial charge in [0.1, 0.15) is 23.1 Å². The lowest BCUT2D eigenvalue weighted by atomic mass is 10.1. The third kappa shape index (κ3) is 4.28. The van der Waals surface area contributed by atoms with Gasteiger partial charge < -0.3 is 10.1 Å². The van der Waals surface area contributed by atoms with Crippen molar-refractivity contribution in [3.05, 3.63) is 71.8 Å². The van der Waals surface area contributed by atoms with Crippen LogP contribution in [0.3, 0.4) is 0 Å². The Labute approximate surface area is 162 Å². The largest absolute Gasteiger partial charge is 0.497 e. The van der Waals surface area contributed by atoms with Gasteiger partial charge in [-0.05, 0) is 60.6 Å². The van der Waals surface area contributed by atoms with E-state index in [0.29, 0.717) is 6.54 Å². The van der Waals surface area contributed by atoms with Gasteiger partial charge in [0.05, 0.1) is 13.2 Å². The molecule has 3 aromatic rings. The minimum absolute atomic E-state index is 0.424. The molecule has 4 nitrogen and oxygen atoms in total. The van der Waals surface area contributed by atoms with E-state index in [2.05, 4.69) is 5.32 Å². The number of methoxy groups -OCH3 is 1. The average Bonchev–Trinajstić information content (AvgIpc) is 2.69. The standard InChI is InChI=1S/C22H22F2N2O2/c1-14(22(27)25-21-19(23)5-4-6-20(21)24)26(2)13-15-7-8-17-12-18(28-3)10-9-16(17)11-15/h4-12,14H,13H2,1-3H3,(H,25,27). The van der Waals surface area contributed by atoms with Crippen molar-refractivity contribution < 1.29 is 18.3 Å². The van der Waals surface area contributed by atoms with Crippen LogP contribution in [0.15, 0.2) is 54.6 Å². The van der Waals surface area contributed by atoms with Crippen LogP contribution in [0.1, 0.15) is 12.5 Å². The molecule has 0 aliphatic rings. The Morgan fingerprint density at radius 1 is 1.07 bits per heavy atom. The molecule has 0 radical (unpaired) electrons. The van der Waals surface area contributed by atoms with Gasteiger partial charge in [0, 0.05) is 6.54 Å². The van der Waals surface area contributed by atoms with Crippen LogP contribution >= 0.6 is 0 Å². The van der Waals surface area contributed by atoms with Gasteiger partial charge in [-0.3, -0.25) is 9.69 Å². The lowest BCUT2D eigenvalue weighted by Crippen LogP contribution is -2.39. The predicted octanol–water partition coefficient (Wildman–Crippen LogP) is 4.59. The number of fused-ring (bicyclic) bond motifs is 1. The van der Waals surface area contributed by atoms with E-state index >= 15 is 0 Å². The summed E-state index contributed by atoms with van der Waals surface area (Å²) in [6.45, 7) is 2.20. The highest BCUT2D eigenvalue weighted by Crippen LogP contribution is 2.23. The van der Waals surface area contributed by atoms with E-state index in [-0.39, 0.29) is 0 Å². The van der Waals surface area contributed by atoms with Gasteiger partial charge in [-0.25, -0.2) is 8.78 Å². The zero-order chi connectivity index (χ0) is 20.3. The van der Waals surface area contributed by atoms with E-state index < -0.39 is 29.3 Å². The molecule has 0 saturated heterocycles. The van der Waals surface area contributed by atoms with E-state index in [0.717, 1.165) is 34.2 Å². The molecule has 0 heterocycles. The first-order valence-electron chi connectivity index (χ1n) is 8.91. The second kappa shape index (κ2) is 8.35. The van der Waals surface area contributed by atoms with E-state index in [4.69, 9.17) is 4.74 Å². The molecule has 0 aliphatic heterocycles. The van der Waals surface area contributed by atoms with Crippen molar-refractivity contribution in [2.45, 2.75) is 19.5 Å². The van der Waals surface area contributed by atoms with Crippen molar-refractivity contribution in [3.8, 4) is 5.75 Å². The number of likely N-dealkylation sites (N-methyl/N-ethyl adjacent to an activating group) is 1. The van der Waals surface area contributed by atoms with E-state index in [1.807, 2.05) is 41.3 Å². The number of amides is 1. The van der Waals surface area contributed by atoms with Crippen LogP contribution < -0.4 is 10.1 Å². The lowest BCUT2D eigenvalue weighted by molar-refractivity contribution is -0.120. The number of rotatable bonds is 6. The van der Waals surface area contributed by atoms with Crippen molar-refractivity contribution in [2.75, 3.05) is 19.5 Å². The summed E-state index contributed by atoms with van der Waals surface area (Å²) in [5.74, 6) is -1.28. The Balaban J connectivity index is 1.70. The maximum absolute atomic E-state index is 13.7. The van der Waals surface area contributed by atoms with E-state index in [1.54, 1.807) is 21.1 Å². The first kappa shape index (κ1) is 19.8. The number of anilines is 1. The smallest absolute Gasteiger partial charge is 0.241 e. The summed E-state index contributed by atoms with van der Waals surface area (Å²) in [6, 6.07) is 14.8. The monoisotopic (exact) mass is 384 g/mol. The fourth-order valence-corrected chi connectivity index (χ4v) is 2.97. The second-order valence-electron chi connectivity index (χ2n) is 6.72. The highest BCUT2D eigenvalue weighted by molar-refractivity contribution is 5.94. The van der Waals surface area contributed by atoms with Gasteiger partial charge in [0.15, 0.2) is 0 Å². The quantitative estimate of drug-likeness (QED) is 0.676. The summed E-state index contributed by atoms with van der Waals surface area (Å²) < 4.78 is 32.7. The van der Waals surface area contributed by atoms with Crippen LogP contribution in [0.5, 0.6) is 5.75 Å². The van der Waals surface area contributed by atoms with Crippen LogP contribution in [0.2, 0.25) is 0 Å². The Kier molecular flexibility index (Phi) is 5.90. The normalized spacial score (nSPS) is 12.2. The predicted molar refractivity (Wildman–Crippen MR) is 106 cm³/mol. The Hall–Kier alpha value is -2.99. The molecule has 28 heavy (non-hydrogen) atoms. The van der Waals surface area contributed by atoms with Crippen LogP contribution in [0.4, 0.5) is 14.5 Å². The highest BCUT2D eigenvalue weighted by Gasteiger charge is 2.21. The summed E-state index contributed by atoms with van der Waals surface area (Å²) in [5, 5.41) is 4.47. The van der Waals surface area contributed by atoms with Gasteiger partial charge in [0.25, 0.3) is 0 Å². The molecule has 1 amide bonds. The molecule has 1 N–H and O–H groups in total. The van der Waals surface area contributed by atoms with E-state index in [9.17, 15) is 13.6 Å². The number of hydrogen-bond acceptors (Lipinski definition) is 3. The second-order valence-corrected chi connectivity index (χ2v) is 6.72. The molecule has 1 unspecified atom stereocenters. The summed E-state index contributed by atoms with van der Waals surface area (Å²) in [7, 11) is 3.42. The number of benzene rings is 3. The Morgan fingerprint density at radius 2 is 1.71 bits per heavy atom. The van der Waals surface area contributed by atoms with Gasteiger partial charge >= 0.3 is 0 Å². The van der Waals surface area contributed by atoms with E-state index in [1.165, 1.54) is 6.07 Å². The number of halogens is 2. The SMILES string of the molecule is COc1ccc2cc(CN(C)C(C)C(=O)Nc3c(F)cccc3F)ccc2c1. The number of carbonyl (C=O) groups is 1. The van der Waals surface area contributed by atoms with Crippen molar-refractivity contribution in [1.82, 2.24) is 4.90 Å². The number of para-hydroxylation sites is 1. The summed E-state index contributed by atoms with van der Waals surface area (Å²) in [5.41, 5.74) is 0.601. The molecule has 0 fully saturated rings. The van der Waals surface area contributed by atoms with Gasteiger partial charge in [-0.2, -0.15) is 0 Å². The molecular weight excluding hydrogens is 362 g/mol. The van der Waals surface area contributed by atoms with Crippen molar-refractivity contribution in [2.24, 2.45) is 0 Å². The summed E-state index contributed by atoms with van der Waals surface area (Å²) in [6.07, 6.45) is 0. The first-order valence-corrected chi connectivity index (χ1v) is 8.91. The number of nitrogens with one attached hydrogen (secondary N) is 1. The van der Waals surface area contributed by atoms with Gasteiger partial charge in [-0.15, -0.1) is 0 Å². The molecule has 146 valence electrons. The fraction of sp³-hybridized carbons (Fsp3) is 0.227. The topological polar surface area (TPSA) is 41.6 Å². The van der Waals surface area contributed by atoms with Crippen molar-refractivity contribution in [3.63, 3.8) is 0 Å². The van der Waals surface area contributed by atoms with Gasteiger partial charge in [0.2, 0.25) is 5.91 Å². The van der Waals surface area contributed by atoms with Crippen LogP contribution in [-0.2, 0) is 11.3 Å². The number of nitrogens with zero attached hydrogens (tertiary/aromatic N) is 1. The molecule has 0 aliphatic carbocycles. The molecule has 0 spiro atoms. The molecule has 0 saturated carbocycles. The lowest BCUT2D eigenvalue weighted by Gasteiger charge is -2.24. The zero-order valence-electron chi connectivity index (χ0n) is 16.0. The van der Waals surface area contributed by atoms with Crippen molar-refractivity contribution in [1.29, 1.82) is 0 Å². The molecule has 0 bridgehead atoms. The summed E-state index contributed by atoms with van der Waals surface area (Å²) >= 11 is 0. The molecule has 0 aromatic heterocycles. The third-order valence-corrected chi connectivity index (χ3v) is 4.80. The van der Waals surface area contributed by atoms with Crippen LogP contribution in [0, 0.1) is 11.6 Å². The minimum atomic E-state index is -0.798. The third-order valence-electron chi connectivity index (χ3n) is 4.80. The number of carbonyl (C=O) groups excluding carboxylic acids is 1. The first-order chi connectivity index (χ1) is 13.4. The number of hydrogen-bond donors (Lipinski definition) is 1.